The van der Waals surface area contributed by atoms with Crippen molar-refractivity contribution in [3.05, 3.63) is 64.7 Å². The molecule has 2 rings (SSSR count). The fourth-order valence-corrected chi connectivity index (χ4v) is 2.13. The van der Waals surface area contributed by atoms with Crippen molar-refractivity contribution in [3.63, 3.8) is 0 Å². The number of halogens is 3. The zero-order chi connectivity index (χ0) is 18.6. The summed E-state index contributed by atoms with van der Waals surface area (Å²) in [6.45, 7) is 0.0148. The molecule has 0 aliphatic rings. The molecular formula is C17H15F3N2O3. The Hall–Kier alpha value is -3.03. The van der Waals surface area contributed by atoms with E-state index in [1.807, 2.05) is 0 Å². The maximum atomic E-state index is 12.5. The Morgan fingerprint density at radius 1 is 1.12 bits per heavy atom. The van der Waals surface area contributed by atoms with Crippen LogP contribution in [0.4, 0.5) is 13.2 Å². The van der Waals surface area contributed by atoms with Crippen molar-refractivity contribution in [2.75, 3.05) is 7.11 Å². The molecule has 0 aromatic heterocycles. The molecule has 2 aromatic carbocycles. The average molecular weight is 352 g/mol. The summed E-state index contributed by atoms with van der Waals surface area (Å²) in [5, 5.41) is 2.56. The van der Waals surface area contributed by atoms with Crippen molar-refractivity contribution in [3.8, 4) is 5.75 Å². The number of primary amides is 1. The lowest BCUT2D eigenvalue weighted by Crippen LogP contribution is -2.24. The van der Waals surface area contributed by atoms with Crippen LogP contribution in [0.5, 0.6) is 5.75 Å². The smallest absolute Gasteiger partial charge is 0.416 e. The van der Waals surface area contributed by atoms with Crippen molar-refractivity contribution in [2.45, 2.75) is 12.7 Å². The zero-order valence-corrected chi connectivity index (χ0v) is 13.2. The van der Waals surface area contributed by atoms with Gasteiger partial charge in [-0.15, -0.1) is 0 Å². The molecule has 0 aliphatic carbocycles. The molecule has 0 heterocycles. The van der Waals surface area contributed by atoms with Gasteiger partial charge in [0.25, 0.3) is 5.91 Å². The van der Waals surface area contributed by atoms with Crippen molar-refractivity contribution in [1.29, 1.82) is 0 Å². The monoisotopic (exact) mass is 352 g/mol. The standard InChI is InChI=1S/C17H15F3N2O3/c1-25-14-7-4-11(15(21)23)8-13(14)16(24)22-9-10-2-5-12(6-3-10)17(18,19)20/h2-8H,9H2,1H3,(H2,21,23)(H,22,24). The third-order valence-electron chi connectivity index (χ3n) is 3.46. The summed E-state index contributed by atoms with van der Waals surface area (Å²) in [5.74, 6) is -0.991. The number of carbonyl (C=O) groups is 2. The normalized spacial score (nSPS) is 11.0. The van der Waals surface area contributed by atoms with Crippen LogP contribution in [0.1, 0.15) is 31.8 Å². The highest BCUT2D eigenvalue weighted by Gasteiger charge is 2.29. The molecule has 0 atom stereocenters. The molecule has 0 fully saturated rings. The Labute approximate surface area is 141 Å². The number of hydrogen-bond acceptors (Lipinski definition) is 3. The van der Waals surface area contributed by atoms with Crippen LogP contribution in [0.25, 0.3) is 0 Å². The Balaban J connectivity index is 2.12. The van der Waals surface area contributed by atoms with Crippen molar-refractivity contribution in [1.82, 2.24) is 5.32 Å². The number of benzene rings is 2. The number of hydrogen-bond donors (Lipinski definition) is 2. The minimum absolute atomic E-state index is 0.0148. The highest BCUT2D eigenvalue weighted by atomic mass is 19.4. The predicted octanol–water partition coefficient (Wildman–Crippen LogP) is 2.74. The average Bonchev–Trinajstić information content (AvgIpc) is 2.58. The van der Waals surface area contributed by atoms with E-state index < -0.39 is 23.6 Å². The lowest BCUT2D eigenvalue weighted by atomic mass is 10.1. The van der Waals surface area contributed by atoms with Crippen LogP contribution in [0.15, 0.2) is 42.5 Å². The number of carbonyl (C=O) groups excluding carboxylic acids is 2. The molecule has 25 heavy (non-hydrogen) atoms. The van der Waals surface area contributed by atoms with E-state index in [4.69, 9.17) is 10.5 Å². The maximum Gasteiger partial charge on any atom is 0.416 e. The number of nitrogens with one attached hydrogen (secondary N) is 1. The van der Waals surface area contributed by atoms with Crippen LogP contribution in [0.2, 0.25) is 0 Å². The molecule has 0 saturated carbocycles. The van der Waals surface area contributed by atoms with Gasteiger partial charge in [-0.25, -0.2) is 0 Å². The first-order valence-corrected chi connectivity index (χ1v) is 7.14. The van der Waals surface area contributed by atoms with Crippen molar-refractivity contribution in [2.24, 2.45) is 5.73 Å². The number of alkyl halides is 3. The highest BCUT2D eigenvalue weighted by Crippen LogP contribution is 2.29. The summed E-state index contributed by atoms with van der Waals surface area (Å²) in [4.78, 5) is 23.5. The van der Waals surface area contributed by atoms with E-state index in [1.165, 1.54) is 37.4 Å². The van der Waals surface area contributed by atoms with E-state index in [-0.39, 0.29) is 23.4 Å². The fourth-order valence-electron chi connectivity index (χ4n) is 2.13. The number of ether oxygens (including phenoxy) is 1. The Morgan fingerprint density at radius 3 is 2.28 bits per heavy atom. The van der Waals surface area contributed by atoms with Gasteiger partial charge >= 0.3 is 6.18 Å². The first kappa shape index (κ1) is 18.3. The second-order valence-corrected chi connectivity index (χ2v) is 5.16. The summed E-state index contributed by atoms with van der Waals surface area (Å²) < 4.78 is 42.6. The largest absolute Gasteiger partial charge is 0.496 e. The summed E-state index contributed by atoms with van der Waals surface area (Å²) in [7, 11) is 1.37. The van der Waals surface area contributed by atoms with E-state index in [1.54, 1.807) is 0 Å². The van der Waals surface area contributed by atoms with Gasteiger partial charge in [-0.05, 0) is 35.9 Å². The molecule has 0 spiro atoms. The summed E-state index contributed by atoms with van der Waals surface area (Å²) >= 11 is 0. The fraction of sp³-hybridized carbons (Fsp3) is 0.176. The van der Waals surface area contributed by atoms with Crippen LogP contribution < -0.4 is 15.8 Å². The maximum absolute atomic E-state index is 12.5. The molecule has 5 nitrogen and oxygen atoms in total. The Bertz CT molecular complexity index is 787. The van der Waals surface area contributed by atoms with Gasteiger partial charge in [-0.1, -0.05) is 12.1 Å². The quantitative estimate of drug-likeness (QED) is 0.868. The van der Waals surface area contributed by atoms with E-state index in [0.29, 0.717) is 5.56 Å². The molecule has 0 radical (unpaired) electrons. The van der Waals surface area contributed by atoms with Crippen LogP contribution >= 0.6 is 0 Å². The first-order chi connectivity index (χ1) is 11.7. The van der Waals surface area contributed by atoms with Gasteiger partial charge < -0.3 is 15.8 Å². The molecule has 132 valence electrons. The zero-order valence-electron chi connectivity index (χ0n) is 13.2. The minimum Gasteiger partial charge on any atom is -0.496 e. The van der Waals surface area contributed by atoms with E-state index >= 15 is 0 Å². The van der Waals surface area contributed by atoms with Crippen LogP contribution in [0, 0.1) is 0 Å². The third kappa shape index (κ3) is 4.50. The molecular weight excluding hydrogens is 337 g/mol. The van der Waals surface area contributed by atoms with Crippen LogP contribution in [-0.4, -0.2) is 18.9 Å². The van der Waals surface area contributed by atoms with E-state index in [0.717, 1.165) is 12.1 Å². The van der Waals surface area contributed by atoms with Gasteiger partial charge in [0.2, 0.25) is 5.91 Å². The first-order valence-electron chi connectivity index (χ1n) is 7.14. The summed E-state index contributed by atoms with van der Waals surface area (Å²) in [6.07, 6.45) is -4.41. The number of amides is 2. The summed E-state index contributed by atoms with van der Waals surface area (Å²) in [5.41, 5.74) is 5.15. The Morgan fingerprint density at radius 2 is 1.76 bits per heavy atom. The molecule has 0 aliphatic heterocycles. The number of nitrogens with two attached hydrogens (primary N) is 1. The molecule has 0 unspecified atom stereocenters. The van der Waals surface area contributed by atoms with Gasteiger partial charge in [-0.3, -0.25) is 9.59 Å². The lowest BCUT2D eigenvalue weighted by Gasteiger charge is -2.11. The molecule has 2 amide bonds. The van der Waals surface area contributed by atoms with E-state index in [2.05, 4.69) is 5.32 Å². The van der Waals surface area contributed by atoms with Gasteiger partial charge in [0.05, 0.1) is 18.2 Å². The van der Waals surface area contributed by atoms with Gasteiger partial charge in [-0.2, -0.15) is 13.2 Å². The van der Waals surface area contributed by atoms with Crippen molar-refractivity contribution >= 4 is 11.8 Å². The topological polar surface area (TPSA) is 81.4 Å². The van der Waals surface area contributed by atoms with Crippen LogP contribution in [-0.2, 0) is 12.7 Å². The molecule has 0 bridgehead atoms. The number of rotatable bonds is 5. The van der Waals surface area contributed by atoms with Gasteiger partial charge in [0.15, 0.2) is 0 Å². The minimum atomic E-state index is -4.41. The van der Waals surface area contributed by atoms with Gasteiger partial charge in [0.1, 0.15) is 5.75 Å². The van der Waals surface area contributed by atoms with E-state index in [9.17, 15) is 22.8 Å². The van der Waals surface area contributed by atoms with Crippen molar-refractivity contribution < 1.29 is 27.5 Å². The predicted molar refractivity (Wildman–Crippen MR) is 84.1 cm³/mol. The number of methoxy groups -OCH3 is 1. The Kier molecular flexibility index (Phi) is 5.31. The second kappa shape index (κ2) is 7.25. The second-order valence-electron chi connectivity index (χ2n) is 5.16. The molecule has 8 heteroatoms. The molecule has 0 saturated heterocycles. The SMILES string of the molecule is COc1ccc(C(N)=O)cc1C(=O)NCc1ccc(C(F)(F)F)cc1. The summed E-state index contributed by atoms with van der Waals surface area (Å²) in [6, 6.07) is 8.59. The van der Waals surface area contributed by atoms with Gasteiger partial charge in [0, 0.05) is 12.1 Å². The molecule has 2 aromatic rings. The highest BCUT2D eigenvalue weighted by molar-refractivity contribution is 6.01. The third-order valence-corrected chi connectivity index (χ3v) is 3.46. The lowest BCUT2D eigenvalue weighted by molar-refractivity contribution is -0.137. The van der Waals surface area contributed by atoms with Crippen LogP contribution in [0.3, 0.4) is 0 Å². The molecule has 3 N–H and O–H groups in total.